The van der Waals surface area contributed by atoms with Gasteiger partial charge in [-0.1, -0.05) is 70.2 Å². The number of allylic oxidation sites excluding steroid dienone is 1. The number of carbonyl (C=O) groups excluding carboxylic acids is 1. The number of aliphatic carboxylic acids is 1. The van der Waals surface area contributed by atoms with Crippen molar-refractivity contribution in [3.63, 3.8) is 0 Å². The van der Waals surface area contributed by atoms with Crippen LogP contribution in [0, 0.1) is 17.3 Å². The zero-order chi connectivity index (χ0) is 24.0. The van der Waals surface area contributed by atoms with E-state index >= 15 is 0 Å². The van der Waals surface area contributed by atoms with E-state index in [0.717, 1.165) is 19.2 Å². The normalized spacial score (nSPS) is 17.3. The summed E-state index contributed by atoms with van der Waals surface area (Å²) in [4.78, 5) is 24.0. The Balaban J connectivity index is 1.67. The molecule has 5 nitrogen and oxygen atoms in total. The van der Waals surface area contributed by atoms with Crippen LogP contribution in [0.5, 0.6) is 0 Å². The molecule has 2 aromatic carbocycles. The molecule has 0 saturated heterocycles. The van der Waals surface area contributed by atoms with Gasteiger partial charge in [-0.05, 0) is 46.2 Å². The summed E-state index contributed by atoms with van der Waals surface area (Å²) in [6.45, 7) is 9.53. The predicted molar refractivity (Wildman–Crippen MR) is 145 cm³/mol. The highest BCUT2D eigenvalue weighted by atomic mass is 127. The summed E-state index contributed by atoms with van der Waals surface area (Å²) in [7, 11) is 0. The summed E-state index contributed by atoms with van der Waals surface area (Å²) in [6, 6.07) is 18.1. The molecule has 1 heterocycles. The van der Waals surface area contributed by atoms with E-state index in [9.17, 15) is 9.59 Å². The average Bonchev–Trinajstić information content (AvgIpc) is 2.79. The number of hydrogen-bond donors (Lipinski definition) is 3. The second-order valence-corrected chi connectivity index (χ2v) is 12.3. The number of anilines is 1. The molecule has 0 bridgehead atoms. The van der Waals surface area contributed by atoms with Crippen LogP contribution in [0.15, 0.2) is 60.7 Å². The highest BCUT2D eigenvalue weighted by Gasteiger charge is 2.31. The minimum absolute atomic E-state index is 0.00949. The number of rotatable bonds is 8. The molecule has 2 atom stereocenters. The Morgan fingerprint density at radius 1 is 1.09 bits per heavy atom. The first-order valence-electron chi connectivity index (χ1n) is 11.2. The number of amides is 1. The molecule has 2 unspecified atom stereocenters. The second kappa shape index (κ2) is 11.2. The highest BCUT2D eigenvalue weighted by molar-refractivity contribution is 14.2. The molecular weight excluding hydrogens is 527 g/mol. The van der Waals surface area contributed by atoms with E-state index in [1.165, 1.54) is 11.1 Å². The monoisotopic (exact) mass is 560 g/mol. The smallest absolute Gasteiger partial charge is 0.307 e. The quantitative estimate of drug-likeness (QED) is 0.301. The molecule has 1 aliphatic rings. The second-order valence-electron chi connectivity index (χ2n) is 9.54. The zero-order valence-corrected chi connectivity index (χ0v) is 21.8. The number of benzene rings is 2. The number of halogens is 1. The number of alkyl halides is 1. The van der Waals surface area contributed by atoms with Crippen molar-refractivity contribution in [2.45, 2.75) is 34.2 Å². The standard InChI is InChI=1S/C27H33IN2O3/c1-18(26(32)33)16-29-17-19-10-12-21(13-11-19)30-25(31)24-14-22(20-8-6-5-7-9-20)23(15-28-24)27(2,3)4/h5-14,18,23,29H,15-17H2,1-4H3,(H,30,31)(H,32,33). The number of nitrogens with one attached hydrogen (secondary N) is 2. The van der Waals surface area contributed by atoms with Gasteiger partial charge in [0.1, 0.15) is 0 Å². The van der Waals surface area contributed by atoms with E-state index in [0.29, 0.717) is 19.0 Å². The van der Waals surface area contributed by atoms with Gasteiger partial charge >= 0.3 is 5.97 Å². The largest absolute Gasteiger partial charge is 0.481 e. The number of carboxylic acid groups (broad SMARTS) is 1. The summed E-state index contributed by atoms with van der Waals surface area (Å²) in [5.74, 6) is -0.794. The lowest BCUT2D eigenvalue weighted by Gasteiger charge is -2.34. The molecule has 6 heteroatoms. The summed E-state index contributed by atoms with van der Waals surface area (Å²) < 4.78 is 1.98. The lowest BCUT2D eigenvalue weighted by molar-refractivity contribution is -0.140. The molecule has 2 aromatic rings. The molecule has 0 saturated carbocycles. The summed E-state index contributed by atoms with van der Waals surface area (Å²) >= 11 is -0.372. The van der Waals surface area contributed by atoms with E-state index < -0.39 is 11.9 Å². The van der Waals surface area contributed by atoms with Crippen molar-refractivity contribution in [3.05, 3.63) is 71.8 Å². The van der Waals surface area contributed by atoms with Crippen LogP contribution in [0.2, 0.25) is 0 Å². The van der Waals surface area contributed by atoms with Gasteiger partial charge < -0.3 is 15.7 Å². The fourth-order valence-corrected chi connectivity index (χ4v) is 7.42. The minimum atomic E-state index is -0.804. The van der Waals surface area contributed by atoms with Crippen LogP contribution in [-0.2, 0) is 16.1 Å². The van der Waals surface area contributed by atoms with Crippen molar-refractivity contribution < 1.29 is 14.7 Å². The van der Waals surface area contributed by atoms with Crippen LogP contribution < -0.4 is 10.6 Å². The van der Waals surface area contributed by atoms with Gasteiger partial charge in [0.05, 0.1) is 9.43 Å². The Morgan fingerprint density at radius 3 is 2.36 bits per heavy atom. The van der Waals surface area contributed by atoms with Gasteiger partial charge in [-0.15, -0.1) is 20.7 Å². The number of carbonyl (C=O) groups is 2. The summed E-state index contributed by atoms with van der Waals surface area (Å²) in [6.07, 6.45) is 2.14. The van der Waals surface area contributed by atoms with Gasteiger partial charge in [-0.2, -0.15) is 0 Å². The third-order valence-corrected chi connectivity index (χ3v) is 8.76. The first-order chi connectivity index (χ1) is 15.6. The van der Waals surface area contributed by atoms with Crippen LogP contribution >= 0.6 is 20.7 Å². The third kappa shape index (κ3) is 7.08. The first-order valence-corrected chi connectivity index (χ1v) is 13.8. The molecule has 1 amide bonds. The predicted octanol–water partition coefficient (Wildman–Crippen LogP) is 5.34. The van der Waals surface area contributed by atoms with Crippen LogP contribution in [0.4, 0.5) is 5.69 Å². The molecule has 0 aliphatic carbocycles. The van der Waals surface area contributed by atoms with Crippen molar-refractivity contribution in [1.29, 1.82) is 0 Å². The number of carboxylic acids is 1. The third-order valence-electron chi connectivity index (χ3n) is 5.82. The fraction of sp³-hybridized carbons (Fsp3) is 0.370. The molecule has 0 fully saturated rings. The minimum Gasteiger partial charge on any atom is -0.481 e. The van der Waals surface area contributed by atoms with Crippen LogP contribution in [0.1, 0.15) is 38.8 Å². The lowest BCUT2D eigenvalue weighted by Crippen LogP contribution is -2.29. The summed E-state index contributed by atoms with van der Waals surface area (Å²) in [5, 5.41) is 15.2. The van der Waals surface area contributed by atoms with Crippen LogP contribution in [0.25, 0.3) is 5.57 Å². The van der Waals surface area contributed by atoms with Gasteiger partial charge in [0, 0.05) is 23.2 Å². The topological polar surface area (TPSA) is 78.4 Å². The molecular formula is C27H33IN2O3. The maximum Gasteiger partial charge on any atom is 0.307 e. The Kier molecular flexibility index (Phi) is 8.59. The van der Waals surface area contributed by atoms with Gasteiger partial charge in [0.2, 0.25) is 0 Å². The Morgan fingerprint density at radius 2 is 1.76 bits per heavy atom. The van der Waals surface area contributed by atoms with Crippen molar-refractivity contribution in [1.82, 2.24) is 5.32 Å². The van der Waals surface area contributed by atoms with E-state index in [1.807, 2.05) is 30.3 Å². The van der Waals surface area contributed by atoms with E-state index in [-0.39, 0.29) is 32.1 Å². The molecule has 0 spiro atoms. The molecule has 3 rings (SSSR count). The van der Waals surface area contributed by atoms with E-state index in [2.05, 4.69) is 61.7 Å². The van der Waals surface area contributed by atoms with Crippen LogP contribution in [-0.4, -0.2) is 31.5 Å². The van der Waals surface area contributed by atoms with Gasteiger partial charge in [-0.25, -0.2) is 0 Å². The summed E-state index contributed by atoms with van der Waals surface area (Å²) in [5.41, 5.74) is 4.42. The SMILES string of the molecule is CC(CNCc1ccc(NC(=O)C2=ICC(C(C)(C)C)C(c3ccccc3)=C2)cc1)C(=O)O. The van der Waals surface area contributed by atoms with Crippen LogP contribution in [0.3, 0.4) is 0 Å². The first kappa shape index (κ1) is 25.3. The van der Waals surface area contributed by atoms with E-state index in [4.69, 9.17) is 5.11 Å². The Labute approximate surface area is 206 Å². The highest BCUT2D eigenvalue weighted by Crippen LogP contribution is 2.42. The van der Waals surface area contributed by atoms with Gasteiger partial charge in [0.15, 0.2) is 0 Å². The number of hydrogen-bond acceptors (Lipinski definition) is 3. The Hall–Kier alpha value is -2.32. The molecule has 3 N–H and O–H groups in total. The maximum atomic E-state index is 13.1. The van der Waals surface area contributed by atoms with Crippen molar-refractivity contribution in [3.8, 4) is 0 Å². The molecule has 176 valence electrons. The molecule has 0 radical (unpaired) electrons. The maximum absolute atomic E-state index is 13.1. The molecule has 1 aliphatic heterocycles. The molecule has 33 heavy (non-hydrogen) atoms. The van der Waals surface area contributed by atoms with Gasteiger partial charge in [-0.3, -0.25) is 9.59 Å². The average molecular weight is 560 g/mol. The Bertz CT molecular complexity index is 1040. The van der Waals surface area contributed by atoms with Gasteiger partial charge in [0.25, 0.3) is 5.91 Å². The lowest BCUT2D eigenvalue weighted by atomic mass is 9.75. The van der Waals surface area contributed by atoms with Crippen molar-refractivity contribution in [2.24, 2.45) is 17.3 Å². The van der Waals surface area contributed by atoms with Crippen molar-refractivity contribution >= 4 is 47.4 Å². The molecule has 0 aromatic heterocycles. The fourth-order valence-electron chi connectivity index (χ4n) is 3.68. The zero-order valence-electron chi connectivity index (χ0n) is 19.7. The van der Waals surface area contributed by atoms with E-state index in [1.54, 1.807) is 6.92 Å². The van der Waals surface area contributed by atoms with Crippen molar-refractivity contribution in [2.75, 3.05) is 16.3 Å².